The van der Waals surface area contributed by atoms with Gasteiger partial charge in [0, 0.05) is 23.8 Å². The molecule has 0 aliphatic rings. The fourth-order valence-electron chi connectivity index (χ4n) is 2.19. The van der Waals surface area contributed by atoms with Gasteiger partial charge in [0.15, 0.2) is 0 Å². The summed E-state index contributed by atoms with van der Waals surface area (Å²) in [5, 5.41) is 0. The smallest absolute Gasteiger partial charge is 0.0404 e. The van der Waals surface area contributed by atoms with Crippen molar-refractivity contribution in [2.45, 2.75) is 39.5 Å². The molecule has 2 aromatic rings. The van der Waals surface area contributed by atoms with Gasteiger partial charge in [-0.2, -0.15) is 0 Å². The van der Waals surface area contributed by atoms with Gasteiger partial charge in [-0.05, 0) is 62.8 Å². The molecule has 2 aromatic heterocycles. The first-order valence-corrected chi connectivity index (χ1v) is 6.58. The lowest BCUT2D eigenvalue weighted by molar-refractivity contribution is 0.724. The van der Waals surface area contributed by atoms with Gasteiger partial charge in [0.25, 0.3) is 0 Å². The van der Waals surface area contributed by atoms with Gasteiger partial charge in [-0.15, -0.1) is 0 Å². The summed E-state index contributed by atoms with van der Waals surface area (Å²) in [7, 11) is 0. The molecule has 2 heteroatoms. The summed E-state index contributed by atoms with van der Waals surface area (Å²) in [6, 6.07) is 8.40. The van der Waals surface area contributed by atoms with Gasteiger partial charge in [0.2, 0.25) is 0 Å². The van der Waals surface area contributed by atoms with Gasteiger partial charge in [-0.1, -0.05) is 12.1 Å². The predicted molar refractivity (Wildman–Crippen MR) is 74.6 cm³/mol. The zero-order valence-electron chi connectivity index (χ0n) is 11.2. The molecule has 18 heavy (non-hydrogen) atoms. The first-order chi connectivity index (χ1) is 8.77. The minimum atomic E-state index is 1.12. The molecule has 0 fully saturated rings. The van der Waals surface area contributed by atoms with Crippen LogP contribution in [0.4, 0.5) is 0 Å². The molecule has 0 aliphatic heterocycles. The molecular formula is C16H20N2. The van der Waals surface area contributed by atoms with E-state index >= 15 is 0 Å². The highest BCUT2D eigenvalue weighted by atomic mass is 14.7. The zero-order chi connectivity index (χ0) is 12.8. The zero-order valence-corrected chi connectivity index (χ0v) is 11.2. The van der Waals surface area contributed by atoms with Crippen LogP contribution in [0.25, 0.3) is 0 Å². The number of pyridine rings is 2. The molecule has 94 valence electrons. The second kappa shape index (κ2) is 6.29. The SMILES string of the molecule is Cc1ncccc1CCCCc1cccnc1C. The van der Waals surface area contributed by atoms with E-state index in [2.05, 4.69) is 35.9 Å². The maximum Gasteiger partial charge on any atom is 0.0404 e. The second-order valence-electron chi connectivity index (χ2n) is 4.70. The van der Waals surface area contributed by atoms with E-state index in [0.29, 0.717) is 0 Å². The number of nitrogens with zero attached hydrogens (tertiary/aromatic N) is 2. The summed E-state index contributed by atoms with van der Waals surface area (Å²) in [4.78, 5) is 8.64. The Bertz CT molecular complexity index is 458. The largest absolute Gasteiger partial charge is 0.261 e. The predicted octanol–water partition coefficient (Wildman–Crippen LogP) is 3.66. The Balaban J connectivity index is 1.80. The van der Waals surface area contributed by atoms with E-state index in [1.54, 1.807) is 0 Å². The molecule has 0 radical (unpaired) electrons. The summed E-state index contributed by atoms with van der Waals surface area (Å²) in [5.74, 6) is 0. The number of hydrogen-bond acceptors (Lipinski definition) is 2. The van der Waals surface area contributed by atoms with Crippen molar-refractivity contribution in [1.29, 1.82) is 0 Å². The van der Waals surface area contributed by atoms with Crippen molar-refractivity contribution in [1.82, 2.24) is 9.97 Å². The van der Waals surface area contributed by atoms with E-state index in [4.69, 9.17) is 0 Å². The summed E-state index contributed by atoms with van der Waals surface area (Å²) < 4.78 is 0. The van der Waals surface area contributed by atoms with Crippen LogP contribution in [0.3, 0.4) is 0 Å². The molecule has 0 aliphatic carbocycles. The fraction of sp³-hybridized carbons (Fsp3) is 0.375. The van der Waals surface area contributed by atoms with E-state index in [1.165, 1.54) is 24.0 Å². The lowest BCUT2D eigenvalue weighted by Crippen LogP contribution is -1.95. The quantitative estimate of drug-likeness (QED) is 0.745. The van der Waals surface area contributed by atoms with Crippen molar-refractivity contribution >= 4 is 0 Å². The second-order valence-corrected chi connectivity index (χ2v) is 4.70. The maximum absolute atomic E-state index is 4.32. The molecule has 2 nitrogen and oxygen atoms in total. The summed E-state index contributed by atoms with van der Waals surface area (Å²) in [6.45, 7) is 4.17. The van der Waals surface area contributed by atoms with Crippen LogP contribution in [0, 0.1) is 13.8 Å². The molecule has 0 aromatic carbocycles. The third kappa shape index (κ3) is 3.39. The van der Waals surface area contributed by atoms with Crippen molar-refractivity contribution in [2.24, 2.45) is 0 Å². The molecule has 2 heterocycles. The molecule has 0 unspecified atom stereocenters. The lowest BCUT2D eigenvalue weighted by atomic mass is 10.0. The summed E-state index contributed by atoms with van der Waals surface area (Å²) >= 11 is 0. The minimum Gasteiger partial charge on any atom is -0.261 e. The number of rotatable bonds is 5. The Hall–Kier alpha value is -1.70. The monoisotopic (exact) mass is 240 g/mol. The first-order valence-electron chi connectivity index (χ1n) is 6.58. The molecule has 0 spiro atoms. The Morgan fingerprint density at radius 3 is 1.61 bits per heavy atom. The van der Waals surface area contributed by atoms with E-state index in [9.17, 15) is 0 Å². The number of hydrogen-bond donors (Lipinski definition) is 0. The number of aryl methyl sites for hydroxylation is 4. The minimum absolute atomic E-state index is 1.12. The molecule has 0 saturated heterocycles. The van der Waals surface area contributed by atoms with Gasteiger partial charge in [-0.3, -0.25) is 9.97 Å². The van der Waals surface area contributed by atoms with Crippen LogP contribution in [0.1, 0.15) is 35.4 Å². The van der Waals surface area contributed by atoms with E-state index in [1.807, 2.05) is 24.5 Å². The summed E-state index contributed by atoms with van der Waals surface area (Å²) in [5.41, 5.74) is 5.07. The van der Waals surface area contributed by atoms with Crippen LogP contribution in [0.5, 0.6) is 0 Å². The van der Waals surface area contributed by atoms with Crippen molar-refractivity contribution in [3.63, 3.8) is 0 Å². The highest BCUT2D eigenvalue weighted by molar-refractivity contribution is 5.19. The van der Waals surface area contributed by atoms with Crippen LogP contribution in [-0.2, 0) is 12.8 Å². The Kier molecular flexibility index (Phi) is 4.46. The van der Waals surface area contributed by atoms with Gasteiger partial charge in [-0.25, -0.2) is 0 Å². The molecule has 0 N–H and O–H groups in total. The Morgan fingerprint density at radius 1 is 0.778 bits per heavy atom. The molecule has 0 atom stereocenters. The lowest BCUT2D eigenvalue weighted by Gasteiger charge is -2.06. The van der Waals surface area contributed by atoms with Crippen LogP contribution in [0.15, 0.2) is 36.7 Å². The molecule has 2 rings (SSSR count). The normalized spacial score (nSPS) is 10.6. The van der Waals surface area contributed by atoms with Crippen molar-refractivity contribution in [3.8, 4) is 0 Å². The van der Waals surface area contributed by atoms with Gasteiger partial charge < -0.3 is 0 Å². The van der Waals surface area contributed by atoms with Crippen LogP contribution < -0.4 is 0 Å². The highest BCUT2D eigenvalue weighted by Crippen LogP contribution is 2.12. The topological polar surface area (TPSA) is 25.8 Å². The number of aromatic nitrogens is 2. The molecule has 0 amide bonds. The average Bonchev–Trinajstić information content (AvgIpc) is 2.38. The van der Waals surface area contributed by atoms with Crippen molar-refractivity contribution in [3.05, 3.63) is 59.2 Å². The van der Waals surface area contributed by atoms with Crippen molar-refractivity contribution in [2.75, 3.05) is 0 Å². The highest BCUT2D eigenvalue weighted by Gasteiger charge is 2.00. The summed E-state index contributed by atoms with van der Waals surface area (Å²) in [6.07, 6.45) is 8.38. The average molecular weight is 240 g/mol. The van der Waals surface area contributed by atoms with Gasteiger partial charge >= 0.3 is 0 Å². The Labute approximate surface area is 109 Å². The van der Waals surface area contributed by atoms with Crippen LogP contribution >= 0.6 is 0 Å². The van der Waals surface area contributed by atoms with Gasteiger partial charge in [0.1, 0.15) is 0 Å². The molecule has 0 saturated carbocycles. The molecule has 0 bridgehead atoms. The van der Waals surface area contributed by atoms with Crippen LogP contribution in [0.2, 0.25) is 0 Å². The Morgan fingerprint density at radius 2 is 1.22 bits per heavy atom. The molecular weight excluding hydrogens is 220 g/mol. The third-order valence-corrected chi connectivity index (χ3v) is 3.37. The van der Waals surface area contributed by atoms with E-state index in [0.717, 1.165) is 24.2 Å². The standard InChI is InChI=1S/C16H20N2/c1-13-15(9-5-11-17-13)7-3-4-8-16-10-6-12-18-14(16)2/h5-6,9-12H,3-4,7-8H2,1-2H3. The van der Waals surface area contributed by atoms with E-state index in [-0.39, 0.29) is 0 Å². The fourth-order valence-corrected chi connectivity index (χ4v) is 2.19. The first kappa shape index (κ1) is 12.7. The maximum atomic E-state index is 4.32. The number of unbranched alkanes of at least 4 members (excludes halogenated alkanes) is 1. The van der Waals surface area contributed by atoms with Crippen LogP contribution in [-0.4, -0.2) is 9.97 Å². The van der Waals surface area contributed by atoms with E-state index < -0.39 is 0 Å². The van der Waals surface area contributed by atoms with Gasteiger partial charge in [0.05, 0.1) is 0 Å². The van der Waals surface area contributed by atoms with Crippen molar-refractivity contribution < 1.29 is 0 Å². The third-order valence-electron chi connectivity index (χ3n) is 3.37.